The molecule has 18 heavy (non-hydrogen) atoms. The van der Waals surface area contributed by atoms with Gasteiger partial charge in [-0.05, 0) is 31.4 Å². The van der Waals surface area contributed by atoms with E-state index in [2.05, 4.69) is 11.4 Å². The fraction of sp³-hybridized carbons (Fsp3) is 0.600. The maximum absolute atomic E-state index is 5.86. The standard InChI is InChI=1S/C15H24N2O/c1-18-15-7-3-2-6-13(15)14(11-16)17-10-4-5-12-8-9-12/h2-3,6-7,12,14,17H,4-5,8-11,16H2,1H3. The summed E-state index contributed by atoms with van der Waals surface area (Å²) in [6.45, 7) is 1.64. The minimum atomic E-state index is 0.195. The summed E-state index contributed by atoms with van der Waals surface area (Å²) in [4.78, 5) is 0. The second-order valence-electron chi connectivity index (χ2n) is 5.07. The van der Waals surface area contributed by atoms with Crippen LogP contribution in [0.5, 0.6) is 5.75 Å². The van der Waals surface area contributed by atoms with Crippen LogP contribution in [0.4, 0.5) is 0 Å². The van der Waals surface area contributed by atoms with E-state index in [0.717, 1.165) is 23.8 Å². The van der Waals surface area contributed by atoms with Crippen LogP contribution in [-0.2, 0) is 0 Å². The first kappa shape index (κ1) is 13.4. The van der Waals surface area contributed by atoms with Gasteiger partial charge in [-0.3, -0.25) is 0 Å². The highest BCUT2D eigenvalue weighted by atomic mass is 16.5. The zero-order chi connectivity index (χ0) is 12.8. The first-order chi connectivity index (χ1) is 8.85. The molecular formula is C15H24N2O. The van der Waals surface area contributed by atoms with Crippen LogP contribution in [0.1, 0.15) is 37.3 Å². The van der Waals surface area contributed by atoms with Crippen molar-refractivity contribution in [3.05, 3.63) is 29.8 Å². The molecule has 1 atom stereocenters. The highest BCUT2D eigenvalue weighted by Gasteiger charge is 2.20. The molecule has 1 aliphatic rings. The Morgan fingerprint density at radius 1 is 1.39 bits per heavy atom. The van der Waals surface area contributed by atoms with Crippen molar-refractivity contribution < 1.29 is 4.74 Å². The Morgan fingerprint density at radius 3 is 2.83 bits per heavy atom. The minimum absolute atomic E-state index is 0.195. The van der Waals surface area contributed by atoms with E-state index in [1.807, 2.05) is 18.2 Å². The molecule has 1 aliphatic carbocycles. The van der Waals surface area contributed by atoms with Crippen LogP contribution in [0.2, 0.25) is 0 Å². The average Bonchev–Trinajstić information content (AvgIpc) is 3.23. The van der Waals surface area contributed by atoms with Crippen LogP contribution in [0, 0.1) is 5.92 Å². The number of nitrogens with two attached hydrogens (primary N) is 1. The molecule has 0 heterocycles. The number of methoxy groups -OCH3 is 1. The van der Waals surface area contributed by atoms with Gasteiger partial charge in [-0.25, -0.2) is 0 Å². The summed E-state index contributed by atoms with van der Waals surface area (Å²) >= 11 is 0. The molecule has 2 rings (SSSR count). The lowest BCUT2D eigenvalue weighted by Crippen LogP contribution is -2.29. The second-order valence-corrected chi connectivity index (χ2v) is 5.07. The van der Waals surface area contributed by atoms with Gasteiger partial charge in [0.25, 0.3) is 0 Å². The van der Waals surface area contributed by atoms with Crippen LogP contribution >= 0.6 is 0 Å². The van der Waals surface area contributed by atoms with Crippen molar-refractivity contribution in [2.75, 3.05) is 20.2 Å². The van der Waals surface area contributed by atoms with Gasteiger partial charge in [0.05, 0.1) is 7.11 Å². The van der Waals surface area contributed by atoms with E-state index in [4.69, 9.17) is 10.5 Å². The first-order valence-electron chi connectivity index (χ1n) is 6.91. The van der Waals surface area contributed by atoms with Gasteiger partial charge in [0.15, 0.2) is 0 Å². The topological polar surface area (TPSA) is 47.3 Å². The van der Waals surface area contributed by atoms with Crippen LogP contribution in [0.25, 0.3) is 0 Å². The van der Waals surface area contributed by atoms with Gasteiger partial charge in [0.2, 0.25) is 0 Å². The predicted octanol–water partition coefficient (Wildman–Crippen LogP) is 2.47. The third-order valence-corrected chi connectivity index (χ3v) is 3.63. The van der Waals surface area contributed by atoms with Gasteiger partial charge in [0.1, 0.15) is 5.75 Å². The number of rotatable bonds is 8. The van der Waals surface area contributed by atoms with E-state index in [1.54, 1.807) is 7.11 Å². The number of hydrogen-bond donors (Lipinski definition) is 2. The Balaban J connectivity index is 1.85. The molecule has 0 aliphatic heterocycles. The molecule has 3 N–H and O–H groups in total. The summed E-state index contributed by atoms with van der Waals surface area (Å²) < 4.78 is 5.39. The lowest BCUT2D eigenvalue weighted by Gasteiger charge is -2.19. The molecule has 1 fully saturated rings. The number of hydrogen-bond acceptors (Lipinski definition) is 3. The molecule has 0 saturated heterocycles. The highest BCUT2D eigenvalue weighted by molar-refractivity contribution is 5.36. The van der Waals surface area contributed by atoms with Crippen LogP contribution in [0.15, 0.2) is 24.3 Å². The number of benzene rings is 1. The lowest BCUT2D eigenvalue weighted by molar-refractivity contribution is 0.398. The zero-order valence-electron chi connectivity index (χ0n) is 11.2. The Hall–Kier alpha value is -1.06. The Kier molecular flexibility index (Phi) is 5.02. The van der Waals surface area contributed by atoms with Crippen molar-refractivity contribution in [3.8, 4) is 5.75 Å². The van der Waals surface area contributed by atoms with Gasteiger partial charge in [-0.15, -0.1) is 0 Å². The fourth-order valence-electron chi connectivity index (χ4n) is 2.35. The molecule has 0 aromatic heterocycles. The van der Waals surface area contributed by atoms with E-state index >= 15 is 0 Å². The maximum atomic E-state index is 5.86. The molecular weight excluding hydrogens is 224 g/mol. The number of ether oxygens (including phenoxy) is 1. The first-order valence-corrected chi connectivity index (χ1v) is 6.91. The highest BCUT2D eigenvalue weighted by Crippen LogP contribution is 2.33. The van der Waals surface area contributed by atoms with E-state index in [1.165, 1.54) is 25.7 Å². The molecule has 3 heteroatoms. The van der Waals surface area contributed by atoms with Crippen LogP contribution in [-0.4, -0.2) is 20.2 Å². The quantitative estimate of drug-likeness (QED) is 0.695. The number of para-hydroxylation sites is 1. The summed E-state index contributed by atoms with van der Waals surface area (Å²) in [5, 5.41) is 3.54. The monoisotopic (exact) mass is 248 g/mol. The average molecular weight is 248 g/mol. The van der Waals surface area contributed by atoms with Crippen molar-refractivity contribution in [3.63, 3.8) is 0 Å². The minimum Gasteiger partial charge on any atom is -0.496 e. The summed E-state index contributed by atoms with van der Waals surface area (Å²) in [5.74, 6) is 1.93. The van der Waals surface area contributed by atoms with Crippen molar-refractivity contribution in [2.24, 2.45) is 11.7 Å². The van der Waals surface area contributed by atoms with Gasteiger partial charge in [0, 0.05) is 18.2 Å². The van der Waals surface area contributed by atoms with Crippen molar-refractivity contribution in [1.82, 2.24) is 5.32 Å². The van der Waals surface area contributed by atoms with E-state index in [-0.39, 0.29) is 6.04 Å². The molecule has 3 nitrogen and oxygen atoms in total. The fourth-order valence-corrected chi connectivity index (χ4v) is 2.35. The number of nitrogens with one attached hydrogen (secondary N) is 1. The van der Waals surface area contributed by atoms with Gasteiger partial charge in [-0.1, -0.05) is 31.0 Å². The van der Waals surface area contributed by atoms with Gasteiger partial charge >= 0.3 is 0 Å². The van der Waals surface area contributed by atoms with E-state index in [9.17, 15) is 0 Å². The molecule has 0 amide bonds. The molecule has 1 saturated carbocycles. The Morgan fingerprint density at radius 2 is 2.17 bits per heavy atom. The Labute approximate surface area is 110 Å². The molecule has 1 aromatic rings. The van der Waals surface area contributed by atoms with Gasteiger partial charge < -0.3 is 15.8 Å². The zero-order valence-corrected chi connectivity index (χ0v) is 11.2. The van der Waals surface area contributed by atoms with E-state index < -0.39 is 0 Å². The van der Waals surface area contributed by atoms with Gasteiger partial charge in [-0.2, -0.15) is 0 Å². The lowest BCUT2D eigenvalue weighted by atomic mass is 10.1. The molecule has 1 unspecified atom stereocenters. The van der Waals surface area contributed by atoms with Crippen molar-refractivity contribution >= 4 is 0 Å². The van der Waals surface area contributed by atoms with Crippen molar-refractivity contribution in [1.29, 1.82) is 0 Å². The van der Waals surface area contributed by atoms with Crippen LogP contribution < -0.4 is 15.8 Å². The summed E-state index contributed by atoms with van der Waals surface area (Å²) in [7, 11) is 1.71. The largest absolute Gasteiger partial charge is 0.496 e. The van der Waals surface area contributed by atoms with Crippen LogP contribution in [0.3, 0.4) is 0 Å². The van der Waals surface area contributed by atoms with E-state index in [0.29, 0.717) is 6.54 Å². The SMILES string of the molecule is COc1ccccc1C(CN)NCCCC1CC1. The summed E-state index contributed by atoms with van der Waals surface area (Å²) in [6, 6.07) is 8.30. The second kappa shape index (κ2) is 6.76. The third-order valence-electron chi connectivity index (χ3n) is 3.63. The molecule has 100 valence electrons. The normalized spacial score (nSPS) is 16.6. The third kappa shape index (κ3) is 3.72. The molecule has 0 spiro atoms. The molecule has 1 aromatic carbocycles. The maximum Gasteiger partial charge on any atom is 0.123 e. The molecule has 0 bridgehead atoms. The van der Waals surface area contributed by atoms with Crippen molar-refractivity contribution in [2.45, 2.75) is 31.7 Å². The Bertz CT molecular complexity index is 363. The summed E-state index contributed by atoms with van der Waals surface area (Å²) in [5.41, 5.74) is 7.03. The molecule has 0 radical (unpaired) electrons. The predicted molar refractivity (Wildman–Crippen MR) is 74.8 cm³/mol. The smallest absolute Gasteiger partial charge is 0.123 e. The summed E-state index contributed by atoms with van der Waals surface area (Å²) in [6.07, 6.45) is 5.48.